The largest absolute Gasteiger partial charge is 0.478 e. The summed E-state index contributed by atoms with van der Waals surface area (Å²) in [6, 6.07) is 6.22. The van der Waals surface area contributed by atoms with E-state index >= 15 is 0 Å². The molecule has 1 saturated heterocycles. The quantitative estimate of drug-likeness (QED) is 0.860. The molecular weight excluding hydrogens is 290 g/mol. The van der Waals surface area contributed by atoms with Gasteiger partial charge >= 0.3 is 0 Å². The number of nitrogens with zero attached hydrogens (tertiary/aromatic N) is 1. The first kappa shape index (κ1) is 16.3. The molecular formula is C19H27NO3. The third kappa shape index (κ3) is 3.52. The van der Waals surface area contributed by atoms with E-state index in [1.807, 2.05) is 38.7 Å². The van der Waals surface area contributed by atoms with Gasteiger partial charge in [0.25, 0.3) is 5.91 Å². The monoisotopic (exact) mass is 317 g/mol. The van der Waals surface area contributed by atoms with Gasteiger partial charge < -0.3 is 14.4 Å². The second-order valence-electron chi connectivity index (χ2n) is 7.36. The molecule has 1 amide bonds. The maximum Gasteiger partial charge on any atom is 0.266 e. The summed E-state index contributed by atoms with van der Waals surface area (Å²) in [5.74, 6) is 0.818. The first-order valence-corrected chi connectivity index (χ1v) is 8.61. The smallest absolute Gasteiger partial charge is 0.266 e. The summed E-state index contributed by atoms with van der Waals surface area (Å²) in [7, 11) is 0. The Morgan fingerprint density at radius 3 is 2.52 bits per heavy atom. The molecule has 0 bridgehead atoms. The molecule has 4 nitrogen and oxygen atoms in total. The fourth-order valence-electron chi connectivity index (χ4n) is 3.67. The van der Waals surface area contributed by atoms with E-state index in [2.05, 4.69) is 12.1 Å². The van der Waals surface area contributed by atoms with Crippen LogP contribution in [0.2, 0.25) is 0 Å². The zero-order valence-electron chi connectivity index (χ0n) is 14.6. The SMILES string of the molecule is C[C@@H]1CN(C(=O)C(C)(C)Oc2ccc3c(c2)CCC3)C[C@H](C)O1. The molecule has 0 unspecified atom stereocenters. The summed E-state index contributed by atoms with van der Waals surface area (Å²) in [4.78, 5) is 14.8. The Morgan fingerprint density at radius 2 is 1.83 bits per heavy atom. The summed E-state index contributed by atoms with van der Waals surface area (Å²) >= 11 is 0. The molecule has 126 valence electrons. The first-order valence-electron chi connectivity index (χ1n) is 8.61. The van der Waals surface area contributed by atoms with E-state index in [1.165, 1.54) is 17.5 Å². The minimum Gasteiger partial charge on any atom is -0.478 e. The fraction of sp³-hybridized carbons (Fsp3) is 0.632. The van der Waals surface area contributed by atoms with Crippen LogP contribution in [0.4, 0.5) is 0 Å². The van der Waals surface area contributed by atoms with Gasteiger partial charge in [0, 0.05) is 13.1 Å². The topological polar surface area (TPSA) is 38.8 Å². The van der Waals surface area contributed by atoms with Crippen LogP contribution in [0.5, 0.6) is 5.75 Å². The molecule has 4 heteroatoms. The lowest BCUT2D eigenvalue weighted by Gasteiger charge is -2.39. The minimum atomic E-state index is -0.871. The summed E-state index contributed by atoms with van der Waals surface area (Å²) in [6.45, 7) is 8.97. The number of aryl methyl sites for hydroxylation is 2. The number of fused-ring (bicyclic) bond motifs is 1. The number of benzene rings is 1. The van der Waals surface area contributed by atoms with Crippen molar-refractivity contribution in [2.45, 2.75) is 64.8 Å². The molecule has 1 fully saturated rings. The molecule has 0 aromatic heterocycles. The van der Waals surface area contributed by atoms with Gasteiger partial charge in [-0.15, -0.1) is 0 Å². The second-order valence-corrected chi connectivity index (χ2v) is 7.36. The van der Waals surface area contributed by atoms with Crippen LogP contribution >= 0.6 is 0 Å². The van der Waals surface area contributed by atoms with Crippen LogP contribution in [0.3, 0.4) is 0 Å². The van der Waals surface area contributed by atoms with E-state index in [1.54, 1.807) is 0 Å². The van der Waals surface area contributed by atoms with Crippen molar-refractivity contribution in [2.75, 3.05) is 13.1 Å². The number of amides is 1. The number of hydrogen-bond acceptors (Lipinski definition) is 3. The molecule has 1 aromatic rings. The molecule has 1 aliphatic carbocycles. The van der Waals surface area contributed by atoms with Crippen LogP contribution in [0.15, 0.2) is 18.2 Å². The molecule has 1 aliphatic heterocycles. The molecule has 2 atom stereocenters. The second kappa shape index (κ2) is 6.16. The normalized spacial score (nSPS) is 24.4. The molecule has 23 heavy (non-hydrogen) atoms. The van der Waals surface area contributed by atoms with E-state index in [0.717, 1.165) is 18.6 Å². The van der Waals surface area contributed by atoms with E-state index in [0.29, 0.717) is 13.1 Å². The number of carbonyl (C=O) groups is 1. The van der Waals surface area contributed by atoms with Crippen molar-refractivity contribution in [3.8, 4) is 5.75 Å². The molecule has 1 aromatic carbocycles. The van der Waals surface area contributed by atoms with Gasteiger partial charge in [-0.05, 0) is 70.2 Å². The van der Waals surface area contributed by atoms with Crippen molar-refractivity contribution in [1.82, 2.24) is 4.90 Å². The van der Waals surface area contributed by atoms with Gasteiger partial charge in [-0.25, -0.2) is 0 Å². The Labute approximate surface area is 138 Å². The predicted molar refractivity (Wildman–Crippen MR) is 89.8 cm³/mol. The predicted octanol–water partition coefficient (Wildman–Crippen LogP) is 2.97. The van der Waals surface area contributed by atoms with E-state index in [9.17, 15) is 4.79 Å². The molecule has 0 radical (unpaired) electrons. The van der Waals surface area contributed by atoms with Crippen LogP contribution < -0.4 is 4.74 Å². The van der Waals surface area contributed by atoms with Crippen LogP contribution in [-0.2, 0) is 22.4 Å². The van der Waals surface area contributed by atoms with E-state index < -0.39 is 5.60 Å². The van der Waals surface area contributed by atoms with Crippen molar-refractivity contribution in [3.63, 3.8) is 0 Å². The van der Waals surface area contributed by atoms with E-state index in [4.69, 9.17) is 9.47 Å². The summed E-state index contributed by atoms with van der Waals surface area (Å²) in [5, 5.41) is 0. The number of morpholine rings is 1. The Hall–Kier alpha value is -1.55. The van der Waals surface area contributed by atoms with Crippen LogP contribution in [0.1, 0.15) is 45.2 Å². The van der Waals surface area contributed by atoms with Gasteiger partial charge in [0.1, 0.15) is 5.75 Å². The Balaban J connectivity index is 1.71. The van der Waals surface area contributed by atoms with Crippen molar-refractivity contribution in [1.29, 1.82) is 0 Å². The fourth-order valence-corrected chi connectivity index (χ4v) is 3.67. The maximum absolute atomic E-state index is 12.9. The zero-order chi connectivity index (χ0) is 16.6. The van der Waals surface area contributed by atoms with Crippen molar-refractivity contribution in [2.24, 2.45) is 0 Å². The van der Waals surface area contributed by atoms with Crippen molar-refractivity contribution < 1.29 is 14.3 Å². The van der Waals surface area contributed by atoms with Gasteiger partial charge in [-0.1, -0.05) is 6.07 Å². The first-order chi connectivity index (χ1) is 10.8. The third-order valence-corrected chi connectivity index (χ3v) is 4.66. The molecule has 2 aliphatic rings. The van der Waals surface area contributed by atoms with Gasteiger partial charge in [0.05, 0.1) is 12.2 Å². The van der Waals surface area contributed by atoms with Gasteiger partial charge in [0.15, 0.2) is 5.60 Å². The lowest BCUT2D eigenvalue weighted by Crippen LogP contribution is -2.55. The summed E-state index contributed by atoms with van der Waals surface area (Å²) in [6.07, 6.45) is 3.61. The number of ether oxygens (including phenoxy) is 2. The lowest BCUT2D eigenvalue weighted by atomic mass is 10.1. The minimum absolute atomic E-state index is 0.0278. The highest BCUT2D eigenvalue weighted by Crippen LogP contribution is 2.29. The number of carbonyl (C=O) groups excluding carboxylic acids is 1. The third-order valence-electron chi connectivity index (χ3n) is 4.66. The van der Waals surface area contributed by atoms with E-state index in [-0.39, 0.29) is 18.1 Å². The highest BCUT2D eigenvalue weighted by Gasteiger charge is 2.37. The van der Waals surface area contributed by atoms with Crippen LogP contribution in [-0.4, -0.2) is 41.7 Å². The molecule has 3 rings (SSSR count). The maximum atomic E-state index is 12.9. The highest BCUT2D eigenvalue weighted by molar-refractivity contribution is 5.85. The lowest BCUT2D eigenvalue weighted by molar-refractivity contribution is -0.156. The molecule has 0 saturated carbocycles. The molecule has 1 heterocycles. The molecule has 0 spiro atoms. The Bertz CT molecular complexity index is 586. The zero-order valence-corrected chi connectivity index (χ0v) is 14.6. The Kier molecular flexibility index (Phi) is 4.37. The standard InChI is InChI=1S/C19H27NO3/c1-13-11-20(12-14(2)22-13)18(21)19(3,4)23-17-9-8-15-6-5-7-16(15)10-17/h8-10,13-14H,5-7,11-12H2,1-4H3/t13-,14+. The Morgan fingerprint density at radius 1 is 1.17 bits per heavy atom. The number of hydrogen-bond donors (Lipinski definition) is 0. The average molecular weight is 317 g/mol. The van der Waals surface area contributed by atoms with Crippen LogP contribution in [0, 0.1) is 0 Å². The summed E-state index contributed by atoms with van der Waals surface area (Å²) in [5.41, 5.74) is 1.90. The van der Waals surface area contributed by atoms with Crippen molar-refractivity contribution in [3.05, 3.63) is 29.3 Å². The number of rotatable bonds is 3. The van der Waals surface area contributed by atoms with Crippen molar-refractivity contribution >= 4 is 5.91 Å². The highest BCUT2D eigenvalue weighted by atomic mass is 16.5. The summed E-state index contributed by atoms with van der Waals surface area (Å²) < 4.78 is 11.8. The van der Waals surface area contributed by atoms with Gasteiger partial charge in [-0.3, -0.25) is 4.79 Å². The molecule has 0 N–H and O–H groups in total. The average Bonchev–Trinajstić information content (AvgIpc) is 2.92. The van der Waals surface area contributed by atoms with Crippen LogP contribution in [0.25, 0.3) is 0 Å². The van der Waals surface area contributed by atoms with Gasteiger partial charge in [0.2, 0.25) is 0 Å². The van der Waals surface area contributed by atoms with Gasteiger partial charge in [-0.2, -0.15) is 0 Å².